The third-order valence-electron chi connectivity index (χ3n) is 4.78. The van der Waals surface area contributed by atoms with Crippen molar-refractivity contribution < 1.29 is 13.2 Å². The largest absolute Gasteiger partial charge is 0.348 e. The van der Waals surface area contributed by atoms with Crippen molar-refractivity contribution in [1.29, 1.82) is 0 Å². The standard InChI is InChI=1S/C20H20N4O3S/c1-15(25)22-17-6-8-18(9-7-17)28(26,27)24-13-12-23-11-3-5-19(23)20(24)16-4-2-10-21-14-16/h2-11,14,20H,12-13H2,1H3,(H,22,25). The van der Waals surface area contributed by atoms with Gasteiger partial charge in [0, 0.05) is 50.0 Å². The molecule has 3 heterocycles. The smallest absolute Gasteiger partial charge is 0.244 e. The van der Waals surface area contributed by atoms with E-state index < -0.39 is 16.1 Å². The van der Waals surface area contributed by atoms with Gasteiger partial charge in [-0.15, -0.1) is 0 Å². The van der Waals surface area contributed by atoms with Crippen LogP contribution in [0, 0.1) is 0 Å². The number of carbonyl (C=O) groups excluding carboxylic acids is 1. The molecule has 1 aliphatic heterocycles. The molecule has 0 radical (unpaired) electrons. The Morgan fingerprint density at radius 1 is 1.11 bits per heavy atom. The van der Waals surface area contributed by atoms with Gasteiger partial charge in [0.2, 0.25) is 15.9 Å². The van der Waals surface area contributed by atoms with E-state index in [2.05, 4.69) is 14.9 Å². The molecule has 0 saturated carbocycles. The average Bonchev–Trinajstić information content (AvgIpc) is 3.16. The van der Waals surface area contributed by atoms with Crippen molar-refractivity contribution >= 4 is 21.6 Å². The number of aromatic nitrogens is 2. The second-order valence-electron chi connectivity index (χ2n) is 6.64. The fourth-order valence-corrected chi connectivity index (χ4v) is 5.12. The Kier molecular flexibility index (Phi) is 4.74. The number of fused-ring (bicyclic) bond motifs is 1. The van der Waals surface area contributed by atoms with Crippen LogP contribution in [0.5, 0.6) is 0 Å². The summed E-state index contributed by atoms with van der Waals surface area (Å²) in [7, 11) is -3.75. The summed E-state index contributed by atoms with van der Waals surface area (Å²) in [6.45, 7) is 2.35. The molecule has 0 aliphatic carbocycles. The van der Waals surface area contributed by atoms with E-state index in [1.807, 2.05) is 30.5 Å². The number of amides is 1. The number of hydrogen-bond acceptors (Lipinski definition) is 4. The average molecular weight is 396 g/mol. The molecule has 0 fully saturated rings. The van der Waals surface area contributed by atoms with Crippen LogP contribution in [-0.4, -0.2) is 34.7 Å². The molecule has 0 bridgehead atoms. The Labute approximate surface area is 163 Å². The Morgan fingerprint density at radius 2 is 1.89 bits per heavy atom. The SMILES string of the molecule is CC(=O)Nc1ccc(S(=O)(=O)N2CCn3cccc3C2c2cccnc2)cc1. The molecule has 3 aromatic rings. The highest BCUT2D eigenvalue weighted by molar-refractivity contribution is 7.89. The van der Waals surface area contributed by atoms with Crippen molar-refractivity contribution in [2.45, 2.75) is 24.4 Å². The van der Waals surface area contributed by atoms with Crippen molar-refractivity contribution in [3.05, 3.63) is 78.4 Å². The van der Waals surface area contributed by atoms with Crippen molar-refractivity contribution in [2.24, 2.45) is 0 Å². The van der Waals surface area contributed by atoms with Crippen LogP contribution in [0.4, 0.5) is 5.69 Å². The Morgan fingerprint density at radius 3 is 2.57 bits per heavy atom. The fraction of sp³-hybridized carbons (Fsp3) is 0.200. The number of rotatable bonds is 4. The Balaban J connectivity index is 1.74. The maximum absolute atomic E-state index is 13.4. The van der Waals surface area contributed by atoms with E-state index in [-0.39, 0.29) is 10.8 Å². The van der Waals surface area contributed by atoms with Crippen molar-refractivity contribution in [2.75, 3.05) is 11.9 Å². The number of hydrogen-bond donors (Lipinski definition) is 1. The van der Waals surface area contributed by atoms with Crippen molar-refractivity contribution in [3.63, 3.8) is 0 Å². The van der Waals surface area contributed by atoms with Gasteiger partial charge >= 0.3 is 0 Å². The second-order valence-corrected chi connectivity index (χ2v) is 8.53. The molecule has 7 nitrogen and oxygen atoms in total. The molecular formula is C20H20N4O3S. The zero-order valence-electron chi connectivity index (χ0n) is 15.3. The molecule has 144 valence electrons. The number of anilines is 1. The van der Waals surface area contributed by atoms with Crippen LogP contribution in [0.15, 0.2) is 72.0 Å². The van der Waals surface area contributed by atoms with Gasteiger partial charge in [0.25, 0.3) is 0 Å². The van der Waals surface area contributed by atoms with Crippen LogP contribution >= 0.6 is 0 Å². The molecule has 8 heteroatoms. The highest BCUT2D eigenvalue weighted by atomic mass is 32.2. The molecule has 0 spiro atoms. The molecule has 1 aromatic carbocycles. The van der Waals surface area contributed by atoms with Crippen LogP contribution < -0.4 is 5.32 Å². The van der Waals surface area contributed by atoms with Crippen LogP contribution in [0.1, 0.15) is 24.2 Å². The zero-order chi connectivity index (χ0) is 19.7. The summed E-state index contributed by atoms with van der Waals surface area (Å²) in [5.41, 5.74) is 2.29. The quantitative estimate of drug-likeness (QED) is 0.735. The summed E-state index contributed by atoms with van der Waals surface area (Å²) in [5.74, 6) is -0.205. The lowest BCUT2D eigenvalue weighted by molar-refractivity contribution is -0.114. The monoisotopic (exact) mass is 396 g/mol. The first-order chi connectivity index (χ1) is 13.5. The molecule has 4 rings (SSSR count). The first-order valence-electron chi connectivity index (χ1n) is 8.91. The molecule has 1 amide bonds. The summed E-state index contributed by atoms with van der Waals surface area (Å²) in [5, 5.41) is 2.65. The number of nitrogens with one attached hydrogen (secondary N) is 1. The van der Waals surface area contributed by atoms with Gasteiger partial charge in [-0.05, 0) is 48.0 Å². The van der Waals surface area contributed by atoms with Crippen LogP contribution in [0.2, 0.25) is 0 Å². The molecule has 1 unspecified atom stereocenters. The van der Waals surface area contributed by atoms with E-state index in [9.17, 15) is 13.2 Å². The van der Waals surface area contributed by atoms with Crippen LogP contribution in [-0.2, 0) is 21.4 Å². The van der Waals surface area contributed by atoms with Crippen molar-refractivity contribution in [1.82, 2.24) is 13.9 Å². The fourth-order valence-electron chi connectivity index (χ4n) is 3.54. The zero-order valence-corrected chi connectivity index (χ0v) is 16.1. The van der Waals surface area contributed by atoms with E-state index in [0.717, 1.165) is 11.3 Å². The molecule has 1 aliphatic rings. The summed E-state index contributed by atoms with van der Waals surface area (Å²) in [6.07, 6.45) is 5.34. The lowest BCUT2D eigenvalue weighted by atomic mass is 10.0. The predicted molar refractivity (Wildman–Crippen MR) is 105 cm³/mol. The normalized spacial score (nSPS) is 17.1. The van der Waals surface area contributed by atoms with Gasteiger partial charge < -0.3 is 9.88 Å². The van der Waals surface area contributed by atoms with Gasteiger partial charge in [-0.2, -0.15) is 4.31 Å². The van der Waals surface area contributed by atoms with Gasteiger partial charge in [0.15, 0.2) is 0 Å². The predicted octanol–water partition coefficient (Wildman–Crippen LogP) is 2.64. The van der Waals surface area contributed by atoms with Gasteiger partial charge in [0.1, 0.15) is 0 Å². The highest BCUT2D eigenvalue weighted by Gasteiger charge is 2.37. The Bertz CT molecular complexity index is 1090. The summed E-state index contributed by atoms with van der Waals surface area (Å²) < 4.78 is 30.5. The number of carbonyl (C=O) groups is 1. The Hall–Kier alpha value is -2.97. The molecule has 1 atom stereocenters. The lowest BCUT2D eigenvalue weighted by Crippen LogP contribution is -2.42. The minimum Gasteiger partial charge on any atom is -0.348 e. The van der Waals surface area contributed by atoms with Crippen LogP contribution in [0.25, 0.3) is 0 Å². The van der Waals surface area contributed by atoms with E-state index in [0.29, 0.717) is 18.8 Å². The first kappa shape index (κ1) is 18.4. The van der Waals surface area contributed by atoms with Gasteiger partial charge in [0.05, 0.1) is 10.9 Å². The number of benzene rings is 1. The van der Waals surface area contributed by atoms with Gasteiger partial charge in [-0.3, -0.25) is 9.78 Å². The first-order valence-corrected chi connectivity index (χ1v) is 10.4. The molecular weight excluding hydrogens is 376 g/mol. The second kappa shape index (κ2) is 7.21. The summed E-state index contributed by atoms with van der Waals surface area (Å²) >= 11 is 0. The minimum atomic E-state index is -3.75. The minimum absolute atomic E-state index is 0.190. The summed E-state index contributed by atoms with van der Waals surface area (Å²) in [4.78, 5) is 15.6. The maximum Gasteiger partial charge on any atom is 0.244 e. The molecule has 28 heavy (non-hydrogen) atoms. The number of nitrogens with zero attached hydrogens (tertiary/aromatic N) is 3. The highest BCUT2D eigenvalue weighted by Crippen LogP contribution is 2.36. The van der Waals surface area contributed by atoms with Gasteiger partial charge in [-0.1, -0.05) is 6.07 Å². The maximum atomic E-state index is 13.4. The third kappa shape index (κ3) is 3.32. The number of pyridine rings is 1. The van der Waals surface area contributed by atoms with E-state index >= 15 is 0 Å². The summed E-state index contributed by atoms with van der Waals surface area (Å²) in [6, 6.07) is 13.4. The van der Waals surface area contributed by atoms with Crippen LogP contribution in [0.3, 0.4) is 0 Å². The molecule has 2 aromatic heterocycles. The molecule has 1 N–H and O–H groups in total. The van der Waals surface area contributed by atoms with Crippen molar-refractivity contribution in [3.8, 4) is 0 Å². The topological polar surface area (TPSA) is 84.3 Å². The molecule has 0 saturated heterocycles. The van der Waals surface area contributed by atoms with E-state index in [1.54, 1.807) is 24.5 Å². The van der Waals surface area contributed by atoms with Gasteiger partial charge in [-0.25, -0.2) is 8.42 Å². The number of sulfonamides is 1. The van der Waals surface area contributed by atoms with E-state index in [4.69, 9.17) is 0 Å². The third-order valence-corrected chi connectivity index (χ3v) is 6.65. The lowest BCUT2D eigenvalue weighted by Gasteiger charge is -2.36. The van der Waals surface area contributed by atoms with E-state index in [1.165, 1.54) is 23.4 Å².